The summed E-state index contributed by atoms with van der Waals surface area (Å²) in [6.45, 7) is 1.81. The third-order valence-electron chi connectivity index (χ3n) is 12.6. The predicted molar refractivity (Wildman–Crippen MR) is 250 cm³/mol. The van der Waals surface area contributed by atoms with Crippen molar-refractivity contribution in [3.63, 3.8) is 0 Å². The lowest BCUT2D eigenvalue weighted by atomic mass is 9.66. The minimum Gasteiger partial charge on any atom is -0.370 e. The van der Waals surface area contributed by atoms with Crippen molar-refractivity contribution in [2.75, 3.05) is 19.6 Å². The molecular weight excluding hydrogens is 861 g/mol. The number of likely N-dealkylation sites (tertiary alicyclic amines) is 1. The smallest absolute Gasteiger partial charge is 0.245 e. The van der Waals surface area contributed by atoms with Crippen LogP contribution in [-0.2, 0) is 51.2 Å². The van der Waals surface area contributed by atoms with Crippen LogP contribution in [0.25, 0.3) is 10.9 Å². The van der Waals surface area contributed by atoms with Gasteiger partial charge in [-0.1, -0.05) is 48.5 Å². The maximum absolute atomic E-state index is 14.6. The molecule has 0 spiro atoms. The summed E-state index contributed by atoms with van der Waals surface area (Å²) in [6, 6.07) is 10.6. The number of carbonyl (C=O) groups excluding carboxylic acids is 8. The summed E-state index contributed by atoms with van der Waals surface area (Å²) in [5.41, 5.74) is 25.6. The number of aromatic nitrogens is 1. The number of hydrogen-bond donors (Lipinski definition) is 11. The number of guanidine groups is 1. The van der Waals surface area contributed by atoms with Gasteiger partial charge in [-0.2, -0.15) is 0 Å². The van der Waals surface area contributed by atoms with Crippen LogP contribution < -0.4 is 49.5 Å². The van der Waals surface area contributed by atoms with E-state index in [4.69, 9.17) is 28.3 Å². The molecule has 1 saturated carbocycles. The molecule has 67 heavy (non-hydrogen) atoms. The number of para-hydroxylation sites is 1. The number of nitrogens with two attached hydrogens (primary N) is 4. The number of fused-ring (bicyclic) bond motifs is 1. The quantitative estimate of drug-likeness (QED) is 0.0280. The third kappa shape index (κ3) is 14.7. The molecule has 0 bridgehead atoms. The molecule has 2 heterocycles. The number of primary amides is 1. The van der Waals surface area contributed by atoms with Crippen molar-refractivity contribution in [1.82, 2.24) is 36.5 Å². The van der Waals surface area contributed by atoms with E-state index >= 15 is 0 Å². The molecule has 2 fully saturated rings. The van der Waals surface area contributed by atoms with E-state index in [1.165, 1.54) is 11.8 Å². The van der Waals surface area contributed by atoms with Crippen LogP contribution in [-0.4, -0.2) is 119 Å². The van der Waals surface area contributed by atoms with Crippen LogP contribution in [0.15, 0.2) is 60.8 Å². The van der Waals surface area contributed by atoms with Gasteiger partial charge in [0.2, 0.25) is 35.4 Å². The Labute approximate surface area is 389 Å². The third-order valence-corrected chi connectivity index (χ3v) is 12.6. The fourth-order valence-corrected chi connectivity index (χ4v) is 8.85. The van der Waals surface area contributed by atoms with Crippen molar-refractivity contribution in [3.8, 4) is 0 Å². The zero-order valence-corrected chi connectivity index (χ0v) is 38.0. The standard InChI is InChI=1S/C47H66N12O8/c1-27(60)56-38(24-28-10-3-2-4-11-28)45(66)58-37(46(67)59-23-9-16-39(59)42(63)32-18-17-31(32)41(62)33(48)19-20-40(50)61)15-8-21-53-44(65)36(14-7-22-54-47(51)52)57-43(64)34(49)25-29-26-55-35-13-6-5-12-30(29)35/h2-6,10-13,26,31-34,36-39,55H,7-9,14-25,48-49H2,1H3,(H2,50,61)(H,53,65)(H,56,60)(H,57,64)(H,58,66)(H4,51,52,54)/t31?,32?,33-,34+,36+,37+,38+,39+/m1/s1. The van der Waals surface area contributed by atoms with E-state index in [0.29, 0.717) is 32.1 Å². The number of rotatable bonds is 26. The van der Waals surface area contributed by atoms with Crippen LogP contribution in [0.1, 0.15) is 82.3 Å². The molecule has 20 heteroatoms. The first kappa shape index (κ1) is 51.3. The van der Waals surface area contributed by atoms with Gasteiger partial charge in [0.1, 0.15) is 18.1 Å². The molecule has 1 saturated heterocycles. The monoisotopic (exact) mass is 927 g/mol. The Morgan fingerprint density at radius 3 is 2.06 bits per heavy atom. The molecule has 8 atom stereocenters. The van der Waals surface area contributed by atoms with Crippen LogP contribution >= 0.6 is 0 Å². The number of hydrogen-bond acceptors (Lipinski definition) is 11. The van der Waals surface area contributed by atoms with E-state index in [2.05, 4.69) is 31.6 Å². The number of nitrogens with one attached hydrogen (secondary N) is 7. The van der Waals surface area contributed by atoms with E-state index in [1.807, 2.05) is 42.5 Å². The number of amides is 6. The van der Waals surface area contributed by atoms with Gasteiger partial charge in [-0.15, -0.1) is 0 Å². The van der Waals surface area contributed by atoms with E-state index in [9.17, 15) is 38.4 Å². The second-order valence-corrected chi connectivity index (χ2v) is 17.5. The van der Waals surface area contributed by atoms with Crippen LogP contribution in [0, 0.1) is 17.2 Å². The molecule has 6 amide bonds. The summed E-state index contributed by atoms with van der Waals surface area (Å²) in [6.07, 6.45) is 4.64. The first-order valence-corrected chi connectivity index (χ1v) is 23.0. The summed E-state index contributed by atoms with van der Waals surface area (Å²) in [7, 11) is 0. The average molecular weight is 927 g/mol. The summed E-state index contributed by atoms with van der Waals surface area (Å²) >= 11 is 0. The molecule has 3 aromatic rings. The first-order chi connectivity index (χ1) is 32.0. The van der Waals surface area contributed by atoms with Crippen molar-refractivity contribution in [1.29, 1.82) is 5.41 Å². The molecule has 0 radical (unpaired) electrons. The van der Waals surface area contributed by atoms with Gasteiger partial charge in [0.25, 0.3) is 0 Å². The topological polar surface area (TPSA) is 344 Å². The first-order valence-electron chi connectivity index (χ1n) is 23.0. The maximum Gasteiger partial charge on any atom is 0.245 e. The lowest BCUT2D eigenvalue weighted by Crippen LogP contribution is -2.57. The number of H-pyrrole nitrogens is 1. The Hall–Kier alpha value is -6.67. The SMILES string of the molecule is CC(=O)N[C@@H](Cc1ccccc1)C(=O)N[C@@H](CCCNC(=O)[C@H](CCCNC(=N)N)NC(=O)[C@@H](N)Cc1c[nH]c2ccccc12)C(=O)N1CCC[C@H]1C(=O)C1CCC1C(=O)[C@H](N)CCC(N)=O. The molecule has 5 rings (SSSR count). The van der Waals surface area contributed by atoms with E-state index < -0.39 is 83.5 Å². The van der Waals surface area contributed by atoms with Crippen LogP contribution in [0.4, 0.5) is 0 Å². The summed E-state index contributed by atoms with van der Waals surface area (Å²) in [4.78, 5) is 111. The molecule has 1 aromatic heterocycles. The Bertz CT molecular complexity index is 2250. The van der Waals surface area contributed by atoms with Crippen molar-refractivity contribution in [3.05, 3.63) is 71.9 Å². The van der Waals surface area contributed by atoms with Crippen LogP contribution in [0.3, 0.4) is 0 Å². The molecule has 2 aliphatic rings. The zero-order valence-electron chi connectivity index (χ0n) is 38.0. The van der Waals surface area contributed by atoms with Gasteiger partial charge in [-0.3, -0.25) is 43.8 Å². The molecule has 15 N–H and O–H groups in total. The van der Waals surface area contributed by atoms with Gasteiger partial charge in [0, 0.05) is 68.3 Å². The Balaban J connectivity index is 1.27. The lowest BCUT2D eigenvalue weighted by Gasteiger charge is -2.39. The van der Waals surface area contributed by atoms with Gasteiger partial charge < -0.3 is 59.4 Å². The van der Waals surface area contributed by atoms with Gasteiger partial charge in [0.15, 0.2) is 17.5 Å². The fourth-order valence-electron chi connectivity index (χ4n) is 8.85. The van der Waals surface area contributed by atoms with Crippen molar-refractivity contribution >= 4 is 63.9 Å². The highest BCUT2D eigenvalue weighted by molar-refractivity contribution is 5.99. The number of carbonyl (C=O) groups is 8. The summed E-state index contributed by atoms with van der Waals surface area (Å²) < 4.78 is 0. The second-order valence-electron chi connectivity index (χ2n) is 17.5. The number of nitrogens with zero attached hydrogens (tertiary/aromatic N) is 1. The zero-order chi connectivity index (χ0) is 48.6. The van der Waals surface area contributed by atoms with Crippen LogP contribution in [0.5, 0.6) is 0 Å². The Morgan fingerprint density at radius 2 is 1.39 bits per heavy atom. The normalized spacial score (nSPS) is 18.9. The van der Waals surface area contributed by atoms with Gasteiger partial charge in [0.05, 0.1) is 18.1 Å². The van der Waals surface area contributed by atoms with Crippen LogP contribution in [0.2, 0.25) is 0 Å². The number of aromatic amines is 1. The fraction of sp³-hybridized carbons (Fsp3) is 0.511. The molecule has 1 aliphatic carbocycles. The Morgan fingerprint density at radius 1 is 0.731 bits per heavy atom. The van der Waals surface area contributed by atoms with E-state index in [0.717, 1.165) is 22.0 Å². The minimum atomic E-state index is -1.18. The van der Waals surface area contributed by atoms with Crippen molar-refractivity contribution < 1.29 is 38.4 Å². The molecule has 362 valence electrons. The van der Waals surface area contributed by atoms with Gasteiger partial charge in [-0.05, 0) is 81.4 Å². The number of ketones is 2. The predicted octanol–water partition coefficient (Wildman–Crippen LogP) is -0.337. The molecule has 20 nitrogen and oxygen atoms in total. The highest BCUT2D eigenvalue weighted by Gasteiger charge is 2.48. The molecule has 2 unspecified atom stereocenters. The second kappa shape index (κ2) is 24.7. The Kier molecular flexibility index (Phi) is 18.9. The highest BCUT2D eigenvalue weighted by atomic mass is 16.2. The van der Waals surface area contributed by atoms with Gasteiger partial charge in [-0.25, -0.2) is 0 Å². The number of Topliss-reactive ketones (excluding diaryl/α,β-unsaturated/α-hetero) is 2. The van der Waals surface area contributed by atoms with Crippen molar-refractivity contribution in [2.45, 2.75) is 120 Å². The number of benzene rings is 2. The lowest BCUT2D eigenvalue weighted by molar-refractivity contribution is -0.146. The van der Waals surface area contributed by atoms with Gasteiger partial charge >= 0.3 is 0 Å². The largest absolute Gasteiger partial charge is 0.370 e. The van der Waals surface area contributed by atoms with E-state index in [1.54, 1.807) is 18.3 Å². The average Bonchev–Trinajstić information content (AvgIpc) is 3.94. The van der Waals surface area contributed by atoms with Crippen molar-refractivity contribution in [2.24, 2.45) is 34.8 Å². The van der Waals surface area contributed by atoms with E-state index in [-0.39, 0.29) is 82.1 Å². The minimum absolute atomic E-state index is 0.0225. The summed E-state index contributed by atoms with van der Waals surface area (Å²) in [5, 5.41) is 22.2. The summed E-state index contributed by atoms with van der Waals surface area (Å²) in [5.74, 6) is -5.36. The molecule has 1 aliphatic heterocycles. The maximum atomic E-state index is 14.6. The molecule has 2 aromatic carbocycles. The highest BCUT2D eigenvalue weighted by Crippen LogP contribution is 2.39. The molecular formula is C47H66N12O8.